The summed E-state index contributed by atoms with van der Waals surface area (Å²) in [6, 6.07) is 11.7. The zero-order chi connectivity index (χ0) is 18.6. The quantitative estimate of drug-likeness (QED) is 0.533. The lowest BCUT2D eigenvalue weighted by molar-refractivity contribution is 0.326. The highest BCUT2D eigenvalue weighted by atomic mass is 16.5. The van der Waals surface area contributed by atoms with Crippen molar-refractivity contribution in [1.29, 1.82) is 0 Å². The third-order valence-corrected chi connectivity index (χ3v) is 3.87. The van der Waals surface area contributed by atoms with Crippen LogP contribution in [0.1, 0.15) is 12.6 Å². The molecule has 7 nitrogen and oxygen atoms in total. The Morgan fingerprint density at radius 2 is 1.93 bits per heavy atom. The summed E-state index contributed by atoms with van der Waals surface area (Å²) in [5.41, 5.74) is 3.59. The van der Waals surface area contributed by atoms with Gasteiger partial charge in [0.25, 0.3) is 0 Å². The maximum Gasteiger partial charge on any atom is 0.229 e. The van der Waals surface area contributed by atoms with Crippen molar-refractivity contribution in [1.82, 2.24) is 25.1 Å². The van der Waals surface area contributed by atoms with Crippen molar-refractivity contribution < 1.29 is 9.26 Å². The van der Waals surface area contributed by atoms with Crippen LogP contribution in [0.4, 0.5) is 0 Å². The maximum atomic E-state index is 5.84. The fourth-order valence-electron chi connectivity index (χ4n) is 2.72. The number of rotatable bonds is 5. The monoisotopic (exact) mass is 359 g/mol. The van der Waals surface area contributed by atoms with Gasteiger partial charge in [0.05, 0.1) is 24.2 Å². The Morgan fingerprint density at radius 3 is 2.59 bits per heavy atom. The predicted octanol–water partition coefficient (Wildman–Crippen LogP) is 3.96. The topological polar surface area (TPSA) is 86.8 Å². The molecule has 4 aromatic rings. The Hall–Kier alpha value is -3.61. The van der Waals surface area contributed by atoms with Crippen molar-refractivity contribution in [2.75, 3.05) is 6.61 Å². The van der Waals surface area contributed by atoms with Gasteiger partial charge in [0.15, 0.2) is 11.6 Å². The molecule has 1 aromatic carbocycles. The van der Waals surface area contributed by atoms with Gasteiger partial charge in [-0.3, -0.25) is 4.98 Å². The first kappa shape index (κ1) is 16.8. The molecule has 0 atom stereocenters. The number of hydrogen-bond acceptors (Lipinski definition) is 7. The van der Waals surface area contributed by atoms with Crippen LogP contribution < -0.4 is 4.74 Å². The molecule has 0 aliphatic rings. The zero-order valence-electron chi connectivity index (χ0n) is 15.0. The molecule has 0 bridgehead atoms. The first-order valence-corrected chi connectivity index (χ1v) is 8.56. The molecular weight excluding hydrogens is 342 g/mol. The SMILES string of the molecule is CCOc1nc(-c2cnccn2)nc(-c2ccccc2)c1-c1cc(C)no1. The summed E-state index contributed by atoms with van der Waals surface area (Å²) in [4.78, 5) is 17.8. The lowest BCUT2D eigenvalue weighted by atomic mass is 10.0. The Labute approximate surface area is 156 Å². The number of aromatic nitrogens is 5. The highest BCUT2D eigenvalue weighted by molar-refractivity contribution is 5.83. The summed E-state index contributed by atoms with van der Waals surface area (Å²) in [6.45, 7) is 4.22. The van der Waals surface area contributed by atoms with Crippen LogP contribution in [0.15, 0.2) is 59.5 Å². The van der Waals surface area contributed by atoms with Crippen LogP contribution in [0, 0.1) is 6.92 Å². The number of hydrogen-bond donors (Lipinski definition) is 0. The third-order valence-electron chi connectivity index (χ3n) is 3.87. The molecule has 7 heteroatoms. The van der Waals surface area contributed by atoms with Crippen molar-refractivity contribution in [3.05, 3.63) is 60.7 Å². The van der Waals surface area contributed by atoms with E-state index in [-0.39, 0.29) is 0 Å². The van der Waals surface area contributed by atoms with Gasteiger partial charge in [0, 0.05) is 24.0 Å². The third kappa shape index (κ3) is 3.39. The summed E-state index contributed by atoms with van der Waals surface area (Å²) < 4.78 is 11.3. The molecule has 134 valence electrons. The van der Waals surface area contributed by atoms with Crippen LogP contribution in [-0.2, 0) is 0 Å². The fourth-order valence-corrected chi connectivity index (χ4v) is 2.72. The smallest absolute Gasteiger partial charge is 0.229 e. The van der Waals surface area contributed by atoms with E-state index < -0.39 is 0 Å². The van der Waals surface area contributed by atoms with Gasteiger partial charge in [-0.05, 0) is 13.8 Å². The average Bonchev–Trinajstić information content (AvgIpc) is 3.15. The van der Waals surface area contributed by atoms with Crippen LogP contribution in [-0.4, -0.2) is 31.7 Å². The first-order chi connectivity index (χ1) is 13.3. The van der Waals surface area contributed by atoms with E-state index in [1.165, 1.54) is 0 Å². The molecule has 0 aliphatic carbocycles. The second-order valence-electron chi connectivity index (χ2n) is 5.80. The van der Waals surface area contributed by atoms with E-state index in [0.717, 1.165) is 11.3 Å². The first-order valence-electron chi connectivity index (χ1n) is 8.56. The van der Waals surface area contributed by atoms with Crippen LogP contribution in [0.3, 0.4) is 0 Å². The summed E-state index contributed by atoms with van der Waals surface area (Å²) >= 11 is 0. The summed E-state index contributed by atoms with van der Waals surface area (Å²) in [7, 11) is 0. The predicted molar refractivity (Wildman–Crippen MR) is 99.9 cm³/mol. The van der Waals surface area contributed by atoms with Gasteiger partial charge in [-0.15, -0.1) is 0 Å². The van der Waals surface area contributed by atoms with Gasteiger partial charge in [-0.2, -0.15) is 4.98 Å². The summed E-state index contributed by atoms with van der Waals surface area (Å²) in [5.74, 6) is 1.41. The normalized spacial score (nSPS) is 10.7. The van der Waals surface area contributed by atoms with Crippen LogP contribution in [0.5, 0.6) is 5.88 Å². The molecule has 0 saturated heterocycles. The number of benzene rings is 1. The number of aryl methyl sites for hydroxylation is 1. The van der Waals surface area contributed by atoms with E-state index in [4.69, 9.17) is 14.2 Å². The Bertz CT molecular complexity index is 1050. The van der Waals surface area contributed by atoms with Gasteiger partial charge >= 0.3 is 0 Å². The molecule has 3 heterocycles. The van der Waals surface area contributed by atoms with Gasteiger partial charge in [0.2, 0.25) is 5.88 Å². The van der Waals surface area contributed by atoms with E-state index in [1.807, 2.05) is 50.2 Å². The molecule has 0 fully saturated rings. The van der Waals surface area contributed by atoms with Gasteiger partial charge in [-0.25, -0.2) is 9.97 Å². The van der Waals surface area contributed by atoms with Gasteiger partial charge in [-0.1, -0.05) is 35.5 Å². The van der Waals surface area contributed by atoms with Crippen molar-refractivity contribution >= 4 is 0 Å². The van der Waals surface area contributed by atoms with E-state index in [2.05, 4.69) is 20.1 Å². The second kappa shape index (κ2) is 7.33. The summed E-state index contributed by atoms with van der Waals surface area (Å²) in [5, 5.41) is 4.00. The van der Waals surface area contributed by atoms with Gasteiger partial charge < -0.3 is 9.26 Å². The zero-order valence-corrected chi connectivity index (χ0v) is 15.0. The van der Waals surface area contributed by atoms with Crippen LogP contribution in [0.25, 0.3) is 34.1 Å². The van der Waals surface area contributed by atoms with Crippen LogP contribution in [0.2, 0.25) is 0 Å². The van der Waals surface area contributed by atoms with E-state index in [1.54, 1.807) is 18.6 Å². The maximum absolute atomic E-state index is 5.84. The molecular formula is C20H17N5O2. The highest BCUT2D eigenvalue weighted by Gasteiger charge is 2.23. The molecule has 0 saturated carbocycles. The lowest BCUT2D eigenvalue weighted by Crippen LogP contribution is -2.04. The fraction of sp³-hybridized carbons (Fsp3) is 0.150. The molecule has 0 unspecified atom stereocenters. The Balaban J connectivity index is 2.01. The molecule has 0 spiro atoms. The van der Waals surface area contributed by atoms with E-state index in [9.17, 15) is 0 Å². The molecule has 0 N–H and O–H groups in total. The molecule has 3 aromatic heterocycles. The minimum atomic E-state index is 0.420. The van der Waals surface area contributed by atoms with Crippen molar-refractivity contribution in [3.8, 4) is 40.0 Å². The standard InChI is InChI=1S/C20H17N5O2/c1-3-26-20-17(16-11-13(2)25-27-16)18(14-7-5-4-6-8-14)23-19(24-20)15-12-21-9-10-22-15/h4-12H,3H2,1-2H3. The highest BCUT2D eigenvalue weighted by Crippen LogP contribution is 2.38. The van der Waals surface area contributed by atoms with E-state index in [0.29, 0.717) is 41.0 Å². The molecule has 27 heavy (non-hydrogen) atoms. The molecule has 4 rings (SSSR count). The average molecular weight is 359 g/mol. The van der Waals surface area contributed by atoms with Crippen LogP contribution >= 0.6 is 0 Å². The lowest BCUT2D eigenvalue weighted by Gasteiger charge is -2.13. The number of ether oxygens (including phenoxy) is 1. The largest absolute Gasteiger partial charge is 0.477 e. The Morgan fingerprint density at radius 1 is 1.07 bits per heavy atom. The van der Waals surface area contributed by atoms with Crippen molar-refractivity contribution in [2.24, 2.45) is 0 Å². The number of nitrogens with zero attached hydrogens (tertiary/aromatic N) is 5. The second-order valence-corrected chi connectivity index (χ2v) is 5.80. The van der Waals surface area contributed by atoms with Gasteiger partial charge in [0.1, 0.15) is 11.3 Å². The molecule has 0 amide bonds. The van der Waals surface area contributed by atoms with Crippen molar-refractivity contribution in [2.45, 2.75) is 13.8 Å². The van der Waals surface area contributed by atoms with Crippen molar-refractivity contribution in [3.63, 3.8) is 0 Å². The minimum Gasteiger partial charge on any atom is -0.477 e. The minimum absolute atomic E-state index is 0.420. The summed E-state index contributed by atoms with van der Waals surface area (Å²) in [6.07, 6.45) is 4.84. The Kier molecular flexibility index (Phi) is 4.57. The molecule has 0 radical (unpaired) electrons. The molecule has 0 aliphatic heterocycles. The van der Waals surface area contributed by atoms with E-state index >= 15 is 0 Å².